The number of aromatic nitrogens is 1. The normalized spacial score (nSPS) is 10.5. The Labute approximate surface area is 111 Å². The number of benzene rings is 2. The smallest absolute Gasteiger partial charge is 0.124 e. The van der Waals surface area contributed by atoms with Crippen LogP contribution in [0.25, 0.3) is 21.8 Å². The van der Waals surface area contributed by atoms with Crippen LogP contribution in [0.15, 0.2) is 60.0 Å². The van der Waals surface area contributed by atoms with Crippen LogP contribution in [-0.2, 0) is 0 Å². The zero-order valence-corrected chi connectivity index (χ0v) is 10.9. The van der Waals surface area contributed by atoms with E-state index in [9.17, 15) is 0 Å². The van der Waals surface area contributed by atoms with Gasteiger partial charge in [-0.2, -0.15) is 0 Å². The van der Waals surface area contributed by atoms with Gasteiger partial charge in [0.2, 0.25) is 0 Å². The highest BCUT2D eigenvalue weighted by Gasteiger charge is 2.05. The van der Waals surface area contributed by atoms with Crippen LogP contribution in [0.5, 0.6) is 0 Å². The van der Waals surface area contributed by atoms with Crippen LogP contribution >= 0.6 is 11.3 Å². The average molecular weight is 251 g/mol. The Balaban J connectivity index is 1.97. The summed E-state index contributed by atoms with van der Waals surface area (Å²) in [4.78, 5) is 4.70. The van der Waals surface area contributed by atoms with Gasteiger partial charge in [-0.1, -0.05) is 60.2 Å². The number of hydrogen-bond donors (Lipinski definition) is 0. The van der Waals surface area contributed by atoms with E-state index in [0.717, 1.165) is 10.7 Å². The molecule has 0 amide bonds. The molecule has 18 heavy (non-hydrogen) atoms. The summed E-state index contributed by atoms with van der Waals surface area (Å²) < 4.78 is 0. The van der Waals surface area contributed by atoms with Crippen molar-refractivity contribution in [1.82, 2.24) is 4.98 Å². The molecule has 0 unspecified atom stereocenters. The zero-order valence-electron chi connectivity index (χ0n) is 10.1. The van der Waals surface area contributed by atoms with E-state index in [2.05, 4.69) is 48.7 Å². The van der Waals surface area contributed by atoms with Crippen LogP contribution in [0.4, 0.5) is 0 Å². The maximum Gasteiger partial charge on any atom is 0.124 e. The predicted molar refractivity (Wildman–Crippen MR) is 77.7 cm³/mol. The number of rotatable bonds is 2. The molecule has 0 saturated heterocycles. The maximum atomic E-state index is 4.70. The van der Waals surface area contributed by atoms with E-state index >= 15 is 0 Å². The van der Waals surface area contributed by atoms with Crippen molar-refractivity contribution in [2.24, 2.45) is 0 Å². The summed E-state index contributed by atoms with van der Waals surface area (Å²) in [6.45, 7) is 2.10. The third-order valence-electron chi connectivity index (χ3n) is 2.87. The number of hydrogen-bond acceptors (Lipinski definition) is 2. The van der Waals surface area contributed by atoms with Gasteiger partial charge < -0.3 is 0 Å². The van der Waals surface area contributed by atoms with Crippen LogP contribution in [0.1, 0.15) is 5.56 Å². The minimum absolute atomic E-state index is 1.05. The zero-order chi connectivity index (χ0) is 12.4. The highest BCUT2D eigenvalue weighted by atomic mass is 32.1. The summed E-state index contributed by atoms with van der Waals surface area (Å²) in [5.41, 5.74) is 4.69. The summed E-state index contributed by atoms with van der Waals surface area (Å²) in [6, 6.07) is 18.8. The molecular weight excluding hydrogens is 238 g/mol. The molecule has 0 saturated carbocycles. The van der Waals surface area contributed by atoms with Gasteiger partial charge in [0.15, 0.2) is 0 Å². The van der Waals surface area contributed by atoms with Crippen molar-refractivity contribution in [2.45, 2.75) is 6.92 Å². The highest BCUT2D eigenvalue weighted by molar-refractivity contribution is 7.13. The molecule has 0 atom stereocenters. The first-order valence-corrected chi connectivity index (χ1v) is 6.79. The van der Waals surface area contributed by atoms with Crippen molar-refractivity contribution < 1.29 is 0 Å². The van der Waals surface area contributed by atoms with Gasteiger partial charge in [0.25, 0.3) is 0 Å². The molecule has 0 aliphatic carbocycles. The number of thiazole rings is 1. The topological polar surface area (TPSA) is 12.9 Å². The summed E-state index contributed by atoms with van der Waals surface area (Å²) in [7, 11) is 0. The summed E-state index contributed by atoms with van der Waals surface area (Å²) in [5.74, 6) is 0. The Morgan fingerprint density at radius 1 is 0.833 bits per heavy atom. The van der Waals surface area contributed by atoms with Crippen molar-refractivity contribution >= 4 is 11.3 Å². The lowest BCUT2D eigenvalue weighted by Gasteiger charge is -1.97. The lowest BCUT2D eigenvalue weighted by molar-refractivity contribution is 1.39. The van der Waals surface area contributed by atoms with Gasteiger partial charge in [-0.15, -0.1) is 11.3 Å². The largest absolute Gasteiger partial charge is 0.236 e. The summed E-state index contributed by atoms with van der Waals surface area (Å²) >= 11 is 1.69. The molecular formula is C16H13NS. The van der Waals surface area contributed by atoms with Gasteiger partial charge in [0.05, 0.1) is 5.69 Å². The minimum atomic E-state index is 1.05. The van der Waals surface area contributed by atoms with E-state index in [0.29, 0.717) is 0 Å². The minimum Gasteiger partial charge on any atom is -0.236 e. The summed E-state index contributed by atoms with van der Waals surface area (Å²) in [6.07, 6.45) is 0. The third kappa shape index (κ3) is 2.20. The van der Waals surface area contributed by atoms with Gasteiger partial charge in [0, 0.05) is 16.5 Å². The molecule has 0 aliphatic rings. The highest BCUT2D eigenvalue weighted by Crippen LogP contribution is 2.28. The second kappa shape index (κ2) is 4.75. The molecule has 0 spiro atoms. The first-order chi connectivity index (χ1) is 8.83. The first-order valence-electron chi connectivity index (χ1n) is 5.91. The second-order valence-electron chi connectivity index (χ2n) is 4.27. The monoisotopic (exact) mass is 251 g/mol. The van der Waals surface area contributed by atoms with Crippen LogP contribution in [-0.4, -0.2) is 4.98 Å². The van der Waals surface area contributed by atoms with Gasteiger partial charge in [-0.05, 0) is 6.92 Å². The van der Waals surface area contributed by atoms with Crippen molar-refractivity contribution in [1.29, 1.82) is 0 Å². The second-order valence-corrected chi connectivity index (χ2v) is 5.13. The lowest BCUT2D eigenvalue weighted by Crippen LogP contribution is -1.79. The van der Waals surface area contributed by atoms with E-state index < -0.39 is 0 Å². The van der Waals surface area contributed by atoms with Gasteiger partial charge in [-0.3, -0.25) is 0 Å². The Kier molecular flexibility index (Phi) is 2.95. The van der Waals surface area contributed by atoms with Crippen LogP contribution in [0.3, 0.4) is 0 Å². The molecule has 3 aromatic rings. The molecule has 2 heteroatoms. The fourth-order valence-corrected chi connectivity index (χ4v) is 2.68. The van der Waals surface area contributed by atoms with Crippen molar-refractivity contribution in [3.8, 4) is 21.8 Å². The van der Waals surface area contributed by atoms with E-state index in [4.69, 9.17) is 4.98 Å². The lowest BCUT2D eigenvalue weighted by atomic mass is 10.1. The van der Waals surface area contributed by atoms with E-state index in [1.807, 2.05) is 18.2 Å². The Bertz CT molecular complexity index is 638. The molecule has 0 fully saturated rings. The molecule has 3 rings (SSSR count). The Hall–Kier alpha value is -1.93. The molecule has 0 bridgehead atoms. The molecule has 1 nitrogen and oxygen atoms in total. The van der Waals surface area contributed by atoms with Gasteiger partial charge in [-0.25, -0.2) is 4.98 Å². The average Bonchev–Trinajstić information content (AvgIpc) is 2.90. The molecule has 0 aliphatic heterocycles. The first kappa shape index (κ1) is 11.2. The fraction of sp³-hybridized carbons (Fsp3) is 0.0625. The Morgan fingerprint density at radius 2 is 1.56 bits per heavy atom. The van der Waals surface area contributed by atoms with Crippen molar-refractivity contribution in [2.75, 3.05) is 0 Å². The van der Waals surface area contributed by atoms with E-state index in [1.165, 1.54) is 16.7 Å². The maximum absolute atomic E-state index is 4.70. The van der Waals surface area contributed by atoms with Crippen LogP contribution in [0, 0.1) is 6.92 Å². The Morgan fingerprint density at radius 3 is 2.28 bits per heavy atom. The molecule has 1 aromatic heterocycles. The van der Waals surface area contributed by atoms with Crippen LogP contribution in [0.2, 0.25) is 0 Å². The van der Waals surface area contributed by atoms with E-state index in [1.54, 1.807) is 11.3 Å². The number of aryl methyl sites for hydroxylation is 1. The van der Waals surface area contributed by atoms with Crippen LogP contribution < -0.4 is 0 Å². The van der Waals surface area contributed by atoms with E-state index in [-0.39, 0.29) is 0 Å². The molecule has 88 valence electrons. The van der Waals surface area contributed by atoms with Crippen molar-refractivity contribution in [3.05, 3.63) is 65.5 Å². The predicted octanol–water partition coefficient (Wildman–Crippen LogP) is 4.79. The van der Waals surface area contributed by atoms with Gasteiger partial charge >= 0.3 is 0 Å². The SMILES string of the molecule is Cc1ccc(-c2csc(-c3ccccc3)n2)cc1. The molecule has 0 radical (unpaired) electrons. The third-order valence-corrected chi connectivity index (χ3v) is 3.76. The molecule has 2 aromatic carbocycles. The fourth-order valence-electron chi connectivity index (χ4n) is 1.84. The van der Waals surface area contributed by atoms with Crippen molar-refractivity contribution in [3.63, 3.8) is 0 Å². The molecule has 0 N–H and O–H groups in total. The summed E-state index contributed by atoms with van der Waals surface area (Å²) in [5, 5.41) is 3.19. The number of nitrogens with zero attached hydrogens (tertiary/aromatic N) is 1. The quantitative estimate of drug-likeness (QED) is 0.638. The standard InChI is InChI=1S/C16H13NS/c1-12-7-9-13(10-8-12)15-11-18-16(17-15)14-5-3-2-4-6-14/h2-11H,1H3. The van der Waals surface area contributed by atoms with Gasteiger partial charge in [0.1, 0.15) is 5.01 Å². The molecule has 1 heterocycles.